The van der Waals surface area contributed by atoms with Crippen molar-refractivity contribution in [1.29, 1.82) is 0 Å². The number of rotatable bonds is 2. The second kappa shape index (κ2) is 4.08. The number of aromatic carboxylic acids is 1. The van der Waals surface area contributed by atoms with E-state index in [0.717, 1.165) is 11.3 Å². The van der Waals surface area contributed by atoms with Gasteiger partial charge in [0.05, 0.1) is 16.9 Å². The third-order valence-electron chi connectivity index (χ3n) is 2.05. The van der Waals surface area contributed by atoms with Gasteiger partial charge < -0.3 is 5.11 Å². The first kappa shape index (κ1) is 11.4. The molecular formula is C9H6Cl2N2O2S. The zero-order valence-corrected chi connectivity index (χ0v) is 10.4. The number of carboxylic acid groups (broad SMARTS) is 1. The zero-order valence-electron chi connectivity index (χ0n) is 8.07. The molecule has 0 bridgehead atoms. The minimum absolute atomic E-state index is 0.178. The Balaban J connectivity index is 2.61. The van der Waals surface area contributed by atoms with Crippen molar-refractivity contribution in [1.82, 2.24) is 9.78 Å². The molecular weight excluding hydrogens is 271 g/mol. The van der Waals surface area contributed by atoms with Crippen molar-refractivity contribution in [2.45, 2.75) is 0 Å². The second-order valence-electron chi connectivity index (χ2n) is 3.07. The molecule has 84 valence electrons. The van der Waals surface area contributed by atoms with Crippen LogP contribution in [0.5, 0.6) is 0 Å². The fourth-order valence-electron chi connectivity index (χ4n) is 1.35. The molecule has 0 unspecified atom stereocenters. The normalized spacial score (nSPS) is 10.7. The number of aromatic nitrogens is 2. The Morgan fingerprint density at radius 2 is 2.25 bits per heavy atom. The molecule has 0 spiro atoms. The van der Waals surface area contributed by atoms with Crippen molar-refractivity contribution in [2.75, 3.05) is 0 Å². The molecule has 16 heavy (non-hydrogen) atoms. The van der Waals surface area contributed by atoms with Crippen LogP contribution in [0.15, 0.2) is 12.3 Å². The lowest BCUT2D eigenvalue weighted by atomic mass is 10.2. The largest absolute Gasteiger partial charge is 0.477 e. The number of thiophene rings is 1. The number of aryl methyl sites for hydroxylation is 1. The Kier molecular flexibility index (Phi) is 2.92. The topological polar surface area (TPSA) is 55.1 Å². The molecule has 0 fully saturated rings. The van der Waals surface area contributed by atoms with Crippen LogP contribution in [0.25, 0.3) is 11.3 Å². The van der Waals surface area contributed by atoms with Crippen LogP contribution in [0, 0.1) is 0 Å². The first-order valence-corrected chi connectivity index (χ1v) is 5.78. The highest BCUT2D eigenvalue weighted by molar-refractivity contribution is 7.18. The maximum absolute atomic E-state index is 10.8. The van der Waals surface area contributed by atoms with E-state index in [0.29, 0.717) is 20.6 Å². The van der Waals surface area contributed by atoms with Gasteiger partial charge in [0.2, 0.25) is 0 Å². The van der Waals surface area contributed by atoms with Crippen molar-refractivity contribution < 1.29 is 9.90 Å². The van der Waals surface area contributed by atoms with Gasteiger partial charge in [0.25, 0.3) is 0 Å². The van der Waals surface area contributed by atoms with Crippen molar-refractivity contribution in [3.05, 3.63) is 26.5 Å². The van der Waals surface area contributed by atoms with Crippen LogP contribution >= 0.6 is 34.5 Å². The number of nitrogens with zero attached hydrogens (tertiary/aromatic N) is 2. The summed E-state index contributed by atoms with van der Waals surface area (Å²) in [5, 5.41) is 13.3. The van der Waals surface area contributed by atoms with Gasteiger partial charge in [0.15, 0.2) is 0 Å². The van der Waals surface area contributed by atoms with Gasteiger partial charge in [-0.05, 0) is 6.07 Å². The minimum Gasteiger partial charge on any atom is -0.477 e. The van der Waals surface area contributed by atoms with Gasteiger partial charge in [-0.2, -0.15) is 5.10 Å². The van der Waals surface area contributed by atoms with Crippen molar-refractivity contribution >= 4 is 40.5 Å². The highest BCUT2D eigenvalue weighted by Crippen LogP contribution is 2.38. The van der Waals surface area contributed by atoms with Crippen molar-refractivity contribution in [3.63, 3.8) is 0 Å². The van der Waals surface area contributed by atoms with Gasteiger partial charge in [0, 0.05) is 12.6 Å². The van der Waals surface area contributed by atoms with Crippen LogP contribution in [-0.4, -0.2) is 20.9 Å². The summed E-state index contributed by atoms with van der Waals surface area (Å²) in [4.78, 5) is 11.0. The van der Waals surface area contributed by atoms with E-state index in [1.165, 1.54) is 12.3 Å². The maximum atomic E-state index is 10.8. The van der Waals surface area contributed by atoms with E-state index < -0.39 is 5.97 Å². The lowest BCUT2D eigenvalue weighted by molar-refractivity contribution is 0.0702. The number of hydrogen-bond donors (Lipinski definition) is 1. The summed E-state index contributed by atoms with van der Waals surface area (Å²) in [6.45, 7) is 0. The van der Waals surface area contributed by atoms with E-state index in [1.54, 1.807) is 11.7 Å². The fourth-order valence-corrected chi connectivity index (χ4v) is 2.73. The van der Waals surface area contributed by atoms with E-state index in [4.69, 9.17) is 28.3 Å². The van der Waals surface area contributed by atoms with E-state index in [2.05, 4.69) is 5.10 Å². The molecule has 2 heterocycles. The minimum atomic E-state index is -1.00. The van der Waals surface area contributed by atoms with Crippen molar-refractivity contribution in [3.8, 4) is 11.3 Å². The molecule has 0 amide bonds. The molecule has 0 aliphatic carbocycles. The smallest absolute Gasteiger partial charge is 0.345 e. The number of carboxylic acids is 1. The Bertz CT molecular complexity index is 542. The fraction of sp³-hybridized carbons (Fsp3) is 0.111. The molecule has 0 aliphatic heterocycles. The highest BCUT2D eigenvalue weighted by atomic mass is 35.5. The standard InChI is InChI=1S/C9H6Cl2N2O2S/c1-13-7(5(10)3-12-13)4-2-6(9(14)15)16-8(4)11/h2-3H,1H3,(H,14,15). The Morgan fingerprint density at radius 3 is 2.69 bits per heavy atom. The van der Waals surface area contributed by atoms with Crippen LogP contribution in [0.1, 0.15) is 9.67 Å². The molecule has 4 nitrogen and oxygen atoms in total. The summed E-state index contributed by atoms with van der Waals surface area (Å²) in [6.07, 6.45) is 1.49. The van der Waals surface area contributed by atoms with Crippen LogP contribution in [-0.2, 0) is 7.05 Å². The van der Waals surface area contributed by atoms with Gasteiger partial charge >= 0.3 is 5.97 Å². The third kappa shape index (κ3) is 1.81. The summed E-state index contributed by atoms with van der Waals surface area (Å²) in [5.41, 5.74) is 1.21. The molecule has 0 aromatic carbocycles. The summed E-state index contributed by atoms with van der Waals surface area (Å²) in [7, 11) is 1.72. The number of carbonyl (C=O) groups is 1. The SMILES string of the molecule is Cn1ncc(Cl)c1-c1cc(C(=O)O)sc1Cl. The highest BCUT2D eigenvalue weighted by Gasteiger charge is 2.18. The van der Waals surface area contributed by atoms with Crippen LogP contribution < -0.4 is 0 Å². The molecule has 0 radical (unpaired) electrons. The average Bonchev–Trinajstić information content (AvgIpc) is 2.71. The lowest BCUT2D eigenvalue weighted by Gasteiger charge is -2.00. The monoisotopic (exact) mass is 276 g/mol. The van der Waals surface area contributed by atoms with Crippen molar-refractivity contribution in [2.24, 2.45) is 7.05 Å². The molecule has 2 rings (SSSR count). The number of halogens is 2. The first-order chi connectivity index (χ1) is 7.50. The summed E-state index contributed by atoms with van der Waals surface area (Å²) in [5.74, 6) is -1.00. The molecule has 0 atom stereocenters. The quantitative estimate of drug-likeness (QED) is 0.917. The van der Waals surface area contributed by atoms with Gasteiger partial charge in [-0.1, -0.05) is 23.2 Å². The Hall–Kier alpha value is -1.04. The second-order valence-corrected chi connectivity index (χ2v) is 5.13. The molecule has 0 saturated heterocycles. The van der Waals surface area contributed by atoms with Gasteiger partial charge in [-0.25, -0.2) is 4.79 Å². The Morgan fingerprint density at radius 1 is 1.56 bits per heavy atom. The number of hydrogen-bond acceptors (Lipinski definition) is 3. The van der Waals surface area contributed by atoms with Crippen LogP contribution in [0.3, 0.4) is 0 Å². The lowest BCUT2D eigenvalue weighted by Crippen LogP contribution is -1.93. The van der Waals surface area contributed by atoms with E-state index in [1.807, 2.05) is 0 Å². The molecule has 7 heteroatoms. The van der Waals surface area contributed by atoms with Gasteiger partial charge in [0.1, 0.15) is 9.21 Å². The van der Waals surface area contributed by atoms with Crippen LogP contribution in [0.4, 0.5) is 0 Å². The summed E-state index contributed by atoms with van der Waals surface area (Å²) in [6, 6.07) is 1.50. The summed E-state index contributed by atoms with van der Waals surface area (Å²) >= 11 is 12.9. The van der Waals surface area contributed by atoms with Crippen LogP contribution in [0.2, 0.25) is 9.36 Å². The first-order valence-electron chi connectivity index (χ1n) is 4.21. The molecule has 2 aromatic heterocycles. The predicted molar refractivity (Wildman–Crippen MR) is 63.5 cm³/mol. The molecule has 2 aromatic rings. The third-order valence-corrected chi connectivity index (χ3v) is 3.67. The van der Waals surface area contributed by atoms with Gasteiger partial charge in [-0.15, -0.1) is 11.3 Å². The van der Waals surface area contributed by atoms with E-state index >= 15 is 0 Å². The Labute approximate surface area is 105 Å². The maximum Gasteiger partial charge on any atom is 0.345 e. The zero-order chi connectivity index (χ0) is 11.9. The van der Waals surface area contributed by atoms with E-state index in [9.17, 15) is 4.79 Å². The average molecular weight is 277 g/mol. The molecule has 0 saturated carbocycles. The van der Waals surface area contributed by atoms with Gasteiger partial charge in [-0.3, -0.25) is 4.68 Å². The molecule has 0 aliphatic rings. The van der Waals surface area contributed by atoms with E-state index in [-0.39, 0.29) is 4.88 Å². The molecule has 1 N–H and O–H groups in total. The predicted octanol–water partition coefficient (Wildman–Crippen LogP) is 3.15. The summed E-state index contributed by atoms with van der Waals surface area (Å²) < 4.78 is 1.95.